The average molecular weight is 287 g/mol. The van der Waals surface area contributed by atoms with E-state index in [-0.39, 0.29) is 5.04 Å². The first-order chi connectivity index (χ1) is 8.13. The van der Waals surface area contributed by atoms with Gasteiger partial charge in [0.2, 0.25) is 0 Å². The number of aliphatic hydroxyl groups excluding tert-OH is 1. The molecule has 4 heteroatoms. The molecule has 1 unspecified atom stereocenters. The summed E-state index contributed by atoms with van der Waals surface area (Å²) < 4.78 is 6.00. The molecular weight excluding hydrogens is 264 g/mol. The average Bonchev–Trinajstić information content (AvgIpc) is 2.25. The standard InChI is InChI=1S/C14H23ClO2Si/c1-14(2,3)18(4,5)17-10-13(16)11-6-8-12(15)9-7-11/h6-9,13,16H,10H2,1-5H3. The molecule has 18 heavy (non-hydrogen) atoms. The van der Waals surface area contributed by atoms with Gasteiger partial charge in [-0.2, -0.15) is 0 Å². The van der Waals surface area contributed by atoms with Gasteiger partial charge < -0.3 is 9.53 Å². The molecule has 0 aliphatic rings. The van der Waals surface area contributed by atoms with Gasteiger partial charge in [-0.1, -0.05) is 44.5 Å². The first-order valence-corrected chi connectivity index (χ1v) is 9.49. The van der Waals surface area contributed by atoms with Crippen LogP contribution in [0.2, 0.25) is 23.2 Å². The zero-order valence-corrected chi connectivity index (χ0v) is 13.6. The molecule has 102 valence electrons. The van der Waals surface area contributed by atoms with Crippen molar-refractivity contribution in [2.45, 2.75) is 45.0 Å². The maximum atomic E-state index is 10.1. The largest absolute Gasteiger partial charge is 0.414 e. The highest BCUT2D eigenvalue weighted by Crippen LogP contribution is 2.37. The van der Waals surface area contributed by atoms with Crippen LogP contribution in [0.4, 0.5) is 0 Å². The summed E-state index contributed by atoms with van der Waals surface area (Å²) in [6.07, 6.45) is -0.587. The van der Waals surface area contributed by atoms with Gasteiger partial charge in [-0.3, -0.25) is 0 Å². The Labute approximate surface area is 116 Å². The third kappa shape index (κ3) is 4.09. The fourth-order valence-corrected chi connectivity index (χ4v) is 2.42. The number of hydrogen-bond donors (Lipinski definition) is 1. The Bertz CT molecular complexity index is 382. The molecule has 1 atom stereocenters. The first-order valence-electron chi connectivity index (χ1n) is 6.21. The van der Waals surface area contributed by atoms with Gasteiger partial charge in [0.25, 0.3) is 0 Å². The van der Waals surface area contributed by atoms with Crippen LogP contribution < -0.4 is 0 Å². The highest BCUT2D eigenvalue weighted by molar-refractivity contribution is 6.74. The van der Waals surface area contributed by atoms with Crippen LogP contribution in [-0.2, 0) is 4.43 Å². The van der Waals surface area contributed by atoms with Gasteiger partial charge in [-0.05, 0) is 35.8 Å². The number of halogens is 1. The Morgan fingerprint density at radius 3 is 2.17 bits per heavy atom. The van der Waals surface area contributed by atoms with Crippen LogP contribution in [0.25, 0.3) is 0 Å². The van der Waals surface area contributed by atoms with Crippen molar-refractivity contribution in [2.75, 3.05) is 6.61 Å². The molecule has 0 heterocycles. The van der Waals surface area contributed by atoms with E-state index in [9.17, 15) is 5.11 Å². The Kier molecular flexibility index (Phi) is 5.01. The highest BCUT2D eigenvalue weighted by atomic mass is 35.5. The minimum absolute atomic E-state index is 0.159. The van der Waals surface area contributed by atoms with E-state index in [1.807, 2.05) is 12.1 Å². The zero-order chi connectivity index (χ0) is 14.0. The smallest absolute Gasteiger partial charge is 0.192 e. The number of benzene rings is 1. The summed E-state index contributed by atoms with van der Waals surface area (Å²) in [4.78, 5) is 0. The van der Waals surface area contributed by atoms with Crippen LogP contribution in [0.3, 0.4) is 0 Å². The van der Waals surface area contributed by atoms with Crippen LogP contribution in [0.5, 0.6) is 0 Å². The van der Waals surface area contributed by atoms with Gasteiger partial charge >= 0.3 is 0 Å². The van der Waals surface area contributed by atoms with E-state index in [1.165, 1.54) is 0 Å². The maximum absolute atomic E-state index is 10.1. The molecule has 1 rings (SSSR count). The van der Waals surface area contributed by atoms with E-state index >= 15 is 0 Å². The van der Waals surface area contributed by atoms with Crippen molar-refractivity contribution in [1.82, 2.24) is 0 Å². The SMILES string of the molecule is CC(C)(C)[Si](C)(C)OCC(O)c1ccc(Cl)cc1. The summed E-state index contributed by atoms with van der Waals surface area (Å²) in [6, 6.07) is 7.24. The molecule has 2 nitrogen and oxygen atoms in total. The zero-order valence-electron chi connectivity index (χ0n) is 11.8. The lowest BCUT2D eigenvalue weighted by atomic mass is 10.1. The molecule has 1 aromatic rings. The molecule has 0 saturated heterocycles. The van der Waals surface area contributed by atoms with Crippen LogP contribution >= 0.6 is 11.6 Å². The fraction of sp³-hybridized carbons (Fsp3) is 0.571. The molecule has 0 radical (unpaired) electrons. The van der Waals surface area contributed by atoms with E-state index in [0.29, 0.717) is 11.6 Å². The van der Waals surface area contributed by atoms with Crippen LogP contribution in [0, 0.1) is 0 Å². The molecule has 0 aliphatic heterocycles. The van der Waals surface area contributed by atoms with Gasteiger partial charge in [-0.15, -0.1) is 0 Å². The van der Waals surface area contributed by atoms with Crippen LogP contribution in [0.1, 0.15) is 32.4 Å². The van der Waals surface area contributed by atoms with Crippen LogP contribution in [0.15, 0.2) is 24.3 Å². The second-order valence-corrected chi connectivity index (χ2v) is 11.4. The van der Waals surface area contributed by atoms with Crippen molar-refractivity contribution in [3.63, 3.8) is 0 Å². The summed E-state index contributed by atoms with van der Waals surface area (Å²) in [5.74, 6) is 0. The minimum atomic E-state index is -1.80. The molecule has 1 aromatic carbocycles. The number of rotatable bonds is 4. The lowest BCUT2D eigenvalue weighted by molar-refractivity contribution is 0.100. The fourth-order valence-electron chi connectivity index (χ4n) is 1.28. The van der Waals surface area contributed by atoms with Crippen molar-refractivity contribution >= 4 is 19.9 Å². The number of aliphatic hydroxyl groups is 1. The number of hydrogen-bond acceptors (Lipinski definition) is 2. The third-order valence-electron chi connectivity index (χ3n) is 3.66. The quantitative estimate of drug-likeness (QED) is 0.832. The molecule has 0 aliphatic carbocycles. The second kappa shape index (κ2) is 5.74. The third-order valence-corrected chi connectivity index (χ3v) is 8.42. The normalized spacial score (nSPS) is 14.6. The maximum Gasteiger partial charge on any atom is 0.192 e. The topological polar surface area (TPSA) is 29.5 Å². The predicted molar refractivity (Wildman–Crippen MR) is 79.6 cm³/mol. The molecule has 0 saturated carbocycles. The first kappa shape index (κ1) is 15.7. The Hall–Kier alpha value is -0.353. The summed E-state index contributed by atoms with van der Waals surface area (Å²) in [6.45, 7) is 11.3. The lowest BCUT2D eigenvalue weighted by Crippen LogP contribution is -2.41. The molecular formula is C14H23ClO2Si. The Morgan fingerprint density at radius 1 is 1.22 bits per heavy atom. The van der Waals surface area contributed by atoms with Gasteiger partial charge in [0, 0.05) is 5.02 Å². The monoisotopic (exact) mass is 286 g/mol. The molecule has 0 aromatic heterocycles. The predicted octanol–water partition coefficient (Wildman–Crippen LogP) is 4.40. The van der Waals surface area contributed by atoms with Crippen molar-refractivity contribution in [2.24, 2.45) is 0 Å². The Balaban J connectivity index is 2.61. The van der Waals surface area contributed by atoms with E-state index < -0.39 is 14.4 Å². The minimum Gasteiger partial charge on any atom is -0.414 e. The summed E-state index contributed by atoms with van der Waals surface area (Å²) in [7, 11) is -1.80. The van der Waals surface area contributed by atoms with Gasteiger partial charge in [0.1, 0.15) is 6.10 Å². The van der Waals surface area contributed by atoms with E-state index in [4.69, 9.17) is 16.0 Å². The van der Waals surface area contributed by atoms with E-state index in [0.717, 1.165) is 5.56 Å². The highest BCUT2D eigenvalue weighted by Gasteiger charge is 2.37. The second-order valence-electron chi connectivity index (χ2n) is 6.14. The van der Waals surface area contributed by atoms with Crippen molar-refractivity contribution in [3.8, 4) is 0 Å². The summed E-state index contributed by atoms with van der Waals surface area (Å²) in [5.41, 5.74) is 0.845. The van der Waals surface area contributed by atoms with Crippen molar-refractivity contribution in [1.29, 1.82) is 0 Å². The van der Waals surface area contributed by atoms with Crippen molar-refractivity contribution in [3.05, 3.63) is 34.9 Å². The van der Waals surface area contributed by atoms with E-state index in [2.05, 4.69) is 33.9 Å². The van der Waals surface area contributed by atoms with Gasteiger partial charge in [-0.25, -0.2) is 0 Å². The van der Waals surface area contributed by atoms with E-state index in [1.54, 1.807) is 12.1 Å². The molecule has 0 bridgehead atoms. The molecule has 0 spiro atoms. The van der Waals surface area contributed by atoms with Crippen molar-refractivity contribution < 1.29 is 9.53 Å². The summed E-state index contributed by atoms with van der Waals surface area (Å²) >= 11 is 5.82. The van der Waals surface area contributed by atoms with Gasteiger partial charge in [0.05, 0.1) is 6.61 Å². The Morgan fingerprint density at radius 2 is 1.72 bits per heavy atom. The molecule has 1 N–H and O–H groups in total. The van der Waals surface area contributed by atoms with Gasteiger partial charge in [0.15, 0.2) is 8.32 Å². The molecule has 0 fully saturated rings. The summed E-state index contributed by atoms with van der Waals surface area (Å²) in [5, 5.41) is 10.9. The lowest BCUT2D eigenvalue weighted by Gasteiger charge is -2.36. The van der Waals surface area contributed by atoms with Crippen LogP contribution in [-0.4, -0.2) is 20.0 Å². The molecule has 0 amide bonds.